The summed E-state index contributed by atoms with van der Waals surface area (Å²) in [4.78, 5) is 26.2. The smallest absolute Gasteiger partial charge is 0.271 e. The van der Waals surface area contributed by atoms with Gasteiger partial charge in [0.15, 0.2) is 0 Å². The van der Waals surface area contributed by atoms with Crippen LogP contribution >= 0.6 is 50.2 Å². The molecule has 0 bridgehead atoms. The van der Waals surface area contributed by atoms with Gasteiger partial charge in [0.05, 0.1) is 11.2 Å². The number of hydrazone groups is 1. The zero-order chi connectivity index (χ0) is 21.1. The Labute approximate surface area is 193 Å². The number of hydrogen-bond donors (Lipinski definition) is 2. The van der Waals surface area contributed by atoms with Crippen LogP contribution in [-0.4, -0.2) is 18.0 Å². The highest BCUT2D eigenvalue weighted by Crippen LogP contribution is 2.37. The summed E-state index contributed by atoms with van der Waals surface area (Å²) in [7, 11) is 0. The number of rotatable bonds is 5. The molecular weight excluding hydrogens is 506 g/mol. The molecule has 2 N–H and O–H groups in total. The molecule has 0 aliphatic carbocycles. The Morgan fingerprint density at radius 2 is 1.87 bits per heavy atom. The van der Waals surface area contributed by atoms with E-state index in [-0.39, 0.29) is 11.8 Å². The third-order valence-corrected chi connectivity index (χ3v) is 7.06. The van der Waals surface area contributed by atoms with Crippen molar-refractivity contribution in [1.29, 1.82) is 0 Å². The summed E-state index contributed by atoms with van der Waals surface area (Å²) in [6.45, 7) is 0. The molecular formula is C21H13BrClN3O2S2. The first-order valence-corrected chi connectivity index (χ1v) is 11.5. The minimum atomic E-state index is -0.334. The van der Waals surface area contributed by atoms with Crippen molar-refractivity contribution in [1.82, 2.24) is 5.43 Å². The zero-order valence-electron chi connectivity index (χ0n) is 15.2. The summed E-state index contributed by atoms with van der Waals surface area (Å²) in [6.07, 6.45) is 1.59. The molecule has 4 aromatic rings. The van der Waals surface area contributed by atoms with Gasteiger partial charge in [0.25, 0.3) is 11.8 Å². The van der Waals surface area contributed by atoms with Crippen molar-refractivity contribution in [3.05, 3.63) is 84.8 Å². The van der Waals surface area contributed by atoms with E-state index in [0.717, 1.165) is 19.4 Å². The van der Waals surface area contributed by atoms with Gasteiger partial charge in [-0.25, -0.2) is 5.43 Å². The van der Waals surface area contributed by atoms with Crippen molar-refractivity contribution in [2.75, 3.05) is 5.32 Å². The third-order valence-electron chi connectivity index (χ3n) is 4.10. The number of benzene rings is 2. The average Bonchev–Trinajstić information content (AvgIpc) is 3.36. The largest absolute Gasteiger partial charge is 0.321 e. The maximum Gasteiger partial charge on any atom is 0.271 e. The van der Waals surface area contributed by atoms with E-state index in [2.05, 4.69) is 31.8 Å². The van der Waals surface area contributed by atoms with Gasteiger partial charge < -0.3 is 5.32 Å². The molecule has 0 unspecified atom stereocenters. The van der Waals surface area contributed by atoms with Crippen LogP contribution in [0.15, 0.2) is 69.6 Å². The fourth-order valence-electron chi connectivity index (χ4n) is 2.66. The monoisotopic (exact) mass is 517 g/mol. The Hall–Kier alpha value is -2.52. The van der Waals surface area contributed by atoms with E-state index in [9.17, 15) is 9.59 Å². The van der Waals surface area contributed by atoms with Crippen molar-refractivity contribution in [2.24, 2.45) is 5.10 Å². The van der Waals surface area contributed by atoms with Crippen LogP contribution in [0.5, 0.6) is 0 Å². The summed E-state index contributed by atoms with van der Waals surface area (Å²) < 4.78 is 1.85. The predicted octanol–water partition coefficient (Wildman–Crippen LogP) is 6.39. The summed E-state index contributed by atoms with van der Waals surface area (Å²) in [6, 6.07) is 16.1. The van der Waals surface area contributed by atoms with Gasteiger partial charge in [-0.3, -0.25) is 9.59 Å². The van der Waals surface area contributed by atoms with Crippen LogP contribution < -0.4 is 10.7 Å². The van der Waals surface area contributed by atoms with E-state index in [1.165, 1.54) is 22.7 Å². The second kappa shape index (κ2) is 9.09. The number of halogens is 2. The lowest BCUT2D eigenvalue weighted by Gasteiger charge is -2.05. The van der Waals surface area contributed by atoms with Gasteiger partial charge in [0.1, 0.15) is 4.88 Å². The van der Waals surface area contributed by atoms with Gasteiger partial charge in [-0.1, -0.05) is 39.7 Å². The van der Waals surface area contributed by atoms with Gasteiger partial charge in [0, 0.05) is 30.7 Å². The predicted molar refractivity (Wildman–Crippen MR) is 128 cm³/mol. The standard InChI is InChI=1S/C21H13BrClN3O2S2/c22-13-5-8-16-17(10-13)30-19(18(16)23)21(28)25-14-6-3-12(4-7-14)20(27)26-24-11-15-2-1-9-29-15/h1-11H,(H,25,28)(H,26,27)/b24-11-. The molecule has 4 rings (SSSR count). The number of hydrogen-bond acceptors (Lipinski definition) is 5. The summed E-state index contributed by atoms with van der Waals surface area (Å²) in [5.74, 6) is -0.631. The molecule has 150 valence electrons. The van der Waals surface area contributed by atoms with E-state index >= 15 is 0 Å². The van der Waals surface area contributed by atoms with Gasteiger partial charge in [0.2, 0.25) is 0 Å². The Bertz CT molecular complexity index is 1250. The molecule has 0 atom stereocenters. The number of carbonyl (C=O) groups is 2. The van der Waals surface area contributed by atoms with Crippen LogP contribution in [-0.2, 0) is 0 Å². The molecule has 2 aromatic carbocycles. The lowest BCUT2D eigenvalue weighted by Crippen LogP contribution is -2.17. The maximum absolute atomic E-state index is 12.7. The van der Waals surface area contributed by atoms with Crippen LogP contribution in [0.25, 0.3) is 10.1 Å². The molecule has 2 heterocycles. The zero-order valence-corrected chi connectivity index (χ0v) is 19.2. The Balaban J connectivity index is 1.42. The molecule has 9 heteroatoms. The second-order valence-corrected chi connectivity index (χ2v) is 9.46. The Morgan fingerprint density at radius 1 is 1.07 bits per heavy atom. The highest BCUT2D eigenvalue weighted by molar-refractivity contribution is 9.10. The van der Waals surface area contributed by atoms with Gasteiger partial charge in [-0.05, 0) is 47.8 Å². The lowest BCUT2D eigenvalue weighted by atomic mass is 10.2. The lowest BCUT2D eigenvalue weighted by molar-refractivity contribution is 0.0954. The van der Waals surface area contributed by atoms with Gasteiger partial charge in [-0.2, -0.15) is 5.10 Å². The highest BCUT2D eigenvalue weighted by atomic mass is 79.9. The van der Waals surface area contributed by atoms with Crippen molar-refractivity contribution < 1.29 is 9.59 Å². The second-order valence-electron chi connectivity index (χ2n) is 6.13. The molecule has 2 aromatic heterocycles. The van der Waals surface area contributed by atoms with Crippen LogP contribution in [0, 0.1) is 0 Å². The molecule has 0 aliphatic rings. The number of thiophene rings is 2. The quantitative estimate of drug-likeness (QED) is 0.237. The van der Waals surface area contributed by atoms with Gasteiger partial charge >= 0.3 is 0 Å². The van der Waals surface area contributed by atoms with E-state index in [4.69, 9.17) is 11.6 Å². The van der Waals surface area contributed by atoms with Crippen molar-refractivity contribution in [3.63, 3.8) is 0 Å². The SMILES string of the molecule is O=C(N/N=C\c1cccs1)c1ccc(NC(=O)c2sc3cc(Br)ccc3c2Cl)cc1. The van der Waals surface area contributed by atoms with E-state index in [1.807, 2.05) is 35.7 Å². The number of carbonyl (C=O) groups excluding carboxylic acids is 2. The van der Waals surface area contributed by atoms with Crippen LogP contribution in [0.2, 0.25) is 5.02 Å². The normalized spacial score (nSPS) is 11.1. The summed E-state index contributed by atoms with van der Waals surface area (Å²) in [5, 5.41) is 9.95. The molecule has 0 spiro atoms. The molecule has 0 saturated carbocycles. The molecule has 5 nitrogen and oxygen atoms in total. The minimum absolute atomic E-state index is 0.296. The molecule has 0 aliphatic heterocycles. The number of nitrogens with zero attached hydrogens (tertiary/aromatic N) is 1. The Morgan fingerprint density at radius 3 is 2.60 bits per heavy atom. The first-order valence-electron chi connectivity index (χ1n) is 8.67. The maximum atomic E-state index is 12.7. The summed E-state index contributed by atoms with van der Waals surface area (Å²) in [5.41, 5.74) is 3.48. The molecule has 30 heavy (non-hydrogen) atoms. The summed E-state index contributed by atoms with van der Waals surface area (Å²) >= 11 is 12.7. The fraction of sp³-hybridized carbons (Fsp3) is 0. The van der Waals surface area contributed by atoms with E-state index in [0.29, 0.717) is 21.2 Å². The van der Waals surface area contributed by atoms with Crippen molar-refractivity contribution in [3.8, 4) is 0 Å². The van der Waals surface area contributed by atoms with Crippen molar-refractivity contribution in [2.45, 2.75) is 0 Å². The average molecular weight is 519 g/mol. The molecule has 0 radical (unpaired) electrons. The molecule has 0 saturated heterocycles. The van der Waals surface area contributed by atoms with Crippen LogP contribution in [0.1, 0.15) is 24.9 Å². The topological polar surface area (TPSA) is 70.6 Å². The first-order chi connectivity index (χ1) is 14.5. The van der Waals surface area contributed by atoms with E-state index < -0.39 is 0 Å². The van der Waals surface area contributed by atoms with Crippen LogP contribution in [0.3, 0.4) is 0 Å². The first kappa shape index (κ1) is 20.7. The van der Waals surface area contributed by atoms with Crippen LogP contribution in [0.4, 0.5) is 5.69 Å². The molecule has 0 fully saturated rings. The fourth-order valence-corrected chi connectivity index (χ4v) is 5.21. The van der Waals surface area contributed by atoms with E-state index in [1.54, 1.807) is 30.5 Å². The number of nitrogens with one attached hydrogen (secondary N) is 2. The molecule has 2 amide bonds. The number of fused-ring (bicyclic) bond motifs is 1. The third kappa shape index (κ3) is 4.62. The van der Waals surface area contributed by atoms with Crippen molar-refractivity contribution >= 4 is 84.0 Å². The Kier molecular flexibility index (Phi) is 6.29. The number of amides is 2. The van der Waals surface area contributed by atoms with Gasteiger partial charge in [-0.15, -0.1) is 22.7 Å². The minimum Gasteiger partial charge on any atom is -0.321 e. The highest BCUT2D eigenvalue weighted by Gasteiger charge is 2.17. The number of anilines is 1.